The first-order chi connectivity index (χ1) is 9.74. The summed E-state index contributed by atoms with van der Waals surface area (Å²) in [7, 11) is 0. The lowest BCUT2D eigenvalue weighted by atomic mass is 9.42. The molecule has 5 fully saturated rings. The Morgan fingerprint density at radius 1 is 1.05 bits per heavy atom. The molecule has 4 saturated carbocycles. The van der Waals surface area contributed by atoms with Gasteiger partial charge in [0, 0.05) is 12.1 Å². The molecule has 2 N–H and O–H groups in total. The van der Waals surface area contributed by atoms with E-state index < -0.39 is 0 Å². The number of carbonyl (C=O) groups excluding carboxylic acids is 1. The van der Waals surface area contributed by atoms with E-state index >= 15 is 0 Å². The van der Waals surface area contributed by atoms with Gasteiger partial charge in [0.2, 0.25) is 5.91 Å². The molecular formula is C18H30N2O. The molecule has 5 rings (SSSR count). The maximum atomic E-state index is 12.9. The van der Waals surface area contributed by atoms with Crippen molar-refractivity contribution in [2.45, 2.75) is 71.3 Å². The number of rotatable bonds is 2. The first-order valence-corrected chi connectivity index (χ1v) is 8.78. The van der Waals surface area contributed by atoms with E-state index in [-0.39, 0.29) is 11.0 Å². The number of amides is 1. The van der Waals surface area contributed by atoms with Crippen molar-refractivity contribution in [3.05, 3.63) is 0 Å². The predicted octanol–water partition coefficient (Wildman–Crippen LogP) is 2.85. The topological polar surface area (TPSA) is 41.1 Å². The highest BCUT2D eigenvalue weighted by molar-refractivity contribution is 5.83. The lowest BCUT2D eigenvalue weighted by Gasteiger charge is -2.65. The molecule has 3 atom stereocenters. The van der Waals surface area contributed by atoms with Crippen LogP contribution in [0.2, 0.25) is 0 Å². The smallest absolute Gasteiger partial charge is 0.227 e. The van der Waals surface area contributed by atoms with Gasteiger partial charge in [0.1, 0.15) is 0 Å². The molecule has 0 radical (unpaired) electrons. The van der Waals surface area contributed by atoms with Gasteiger partial charge in [-0.05, 0) is 75.2 Å². The third-order valence-corrected chi connectivity index (χ3v) is 6.92. The third-order valence-electron chi connectivity index (χ3n) is 6.92. The van der Waals surface area contributed by atoms with Crippen LogP contribution in [0.25, 0.3) is 0 Å². The Balaban J connectivity index is 1.58. The minimum Gasteiger partial charge on any atom is -0.350 e. The van der Waals surface area contributed by atoms with Crippen LogP contribution >= 0.6 is 0 Å². The fraction of sp³-hybridized carbons (Fsp3) is 0.944. The quantitative estimate of drug-likeness (QED) is 0.821. The van der Waals surface area contributed by atoms with Crippen LogP contribution in [0.15, 0.2) is 0 Å². The zero-order valence-electron chi connectivity index (χ0n) is 13.8. The molecule has 1 aliphatic heterocycles. The highest BCUT2D eigenvalue weighted by atomic mass is 16.2. The van der Waals surface area contributed by atoms with Gasteiger partial charge in [0.15, 0.2) is 0 Å². The van der Waals surface area contributed by atoms with E-state index in [0.29, 0.717) is 16.7 Å². The summed E-state index contributed by atoms with van der Waals surface area (Å²) in [6, 6.07) is 0. The second-order valence-electron chi connectivity index (χ2n) is 9.85. The van der Waals surface area contributed by atoms with E-state index in [1.54, 1.807) is 0 Å². The predicted molar refractivity (Wildman–Crippen MR) is 83.9 cm³/mol. The molecule has 1 saturated heterocycles. The van der Waals surface area contributed by atoms with E-state index in [4.69, 9.17) is 0 Å². The summed E-state index contributed by atoms with van der Waals surface area (Å²) < 4.78 is 0. The Morgan fingerprint density at radius 2 is 1.71 bits per heavy atom. The van der Waals surface area contributed by atoms with E-state index in [2.05, 4.69) is 31.4 Å². The molecule has 3 heteroatoms. The molecule has 4 aliphatic carbocycles. The average molecular weight is 290 g/mol. The standard InChI is InChI=1S/C18H30N2O/c1-15-6-13-7-16(2,9-15)11-18(8-13,10-15)20-14(21)17(3)4-5-19-12-17/h13,19H,4-12H2,1-3H3,(H,20,21). The monoisotopic (exact) mass is 290 g/mol. The lowest BCUT2D eigenvalue weighted by Crippen LogP contribution is -2.66. The van der Waals surface area contributed by atoms with Crippen molar-refractivity contribution in [3.63, 3.8) is 0 Å². The maximum Gasteiger partial charge on any atom is 0.227 e. The summed E-state index contributed by atoms with van der Waals surface area (Å²) in [6.45, 7) is 8.89. The zero-order chi connectivity index (χ0) is 14.9. The van der Waals surface area contributed by atoms with Gasteiger partial charge in [-0.25, -0.2) is 0 Å². The molecule has 1 amide bonds. The fourth-order valence-corrected chi connectivity index (χ4v) is 6.99. The van der Waals surface area contributed by atoms with E-state index in [0.717, 1.165) is 25.4 Å². The van der Waals surface area contributed by atoms with Crippen LogP contribution in [0.3, 0.4) is 0 Å². The van der Waals surface area contributed by atoms with Crippen molar-refractivity contribution in [2.75, 3.05) is 13.1 Å². The Bertz CT molecular complexity index is 462. The SMILES string of the molecule is CC12CC3CC(C)(C1)CC(NC(=O)C1(C)CCNC1)(C3)C2. The van der Waals surface area contributed by atoms with Gasteiger partial charge in [-0.15, -0.1) is 0 Å². The van der Waals surface area contributed by atoms with E-state index in [9.17, 15) is 4.79 Å². The van der Waals surface area contributed by atoms with Crippen molar-refractivity contribution >= 4 is 5.91 Å². The van der Waals surface area contributed by atoms with Crippen molar-refractivity contribution < 1.29 is 4.79 Å². The molecule has 0 aromatic carbocycles. The Kier molecular flexibility index (Phi) is 2.70. The highest BCUT2D eigenvalue weighted by Gasteiger charge is 2.61. The summed E-state index contributed by atoms with van der Waals surface area (Å²) >= 11 is 0. The molecule has 0 aromatic heterocycles. The Labute approximate surface area is 128 Å². The second-order valence-corrected chi connectivity index (χ2v) is 9.85. The number of nitrogens with one attached hydrogen (secondary N) is 2. The molecule has 118 valence electrons. The van der Waals surface area contributed by atoms with Crippen LogP contribution in [-0.2, 0) is 4.79 Å². The molecule has 3 nitrogen and oxygen atoms in total. The van der Waals surface area contributed by atoms with Crippen LogP contribution in [0.4, 0.5) is 0 Å². The summed E-state index contributed by atoms with van der Waals surface area (Å²) in [6.07, 6.45) is 8.77. The largest absolute Gasteiger partial charge is 0.350 e. The van der Waals surface area contributed by atoms with Gasteiger partial charge < -0.3 is 10.6 Å². The van der Waals surface area contributed by atoms with Gasteiger partial charge in [0.05, 0.1) is 5.41 Å². The Morgan fingerprint density at radius 3 is 2.24 bits per heavy atom. The zero-order valence-corrected chi connectivity index (χ0v) is 13.8. The summed E-state index contributed by atoms with van der Waals surface area (Å²) in [5.41, 5.74) is 0.850. The number of hydrogen-bond acceptors (Lipinski definition) is 2. The molecule has 21 heavy (non-hydrogen) atoms. The van der Waals surface area contributed by atoms with Gasteiger partial charge in [-0.3, -0.25) is 4.79 Å². The second kappa shape index (κ2) is 4.04. The maximum absolute atomic E-state index is 12.9. The fourth-order valence-electron chi connectivity index (χ4n) is 6.99. The molecule has 5 aliphatic rings. The first-order valence-electron chi connectivity index (χ1n) is 8.78. The van der Waals surface area contributed by atoms with Crippen molar-refractivity contribution in [1.82, 2.24) is 10.6 Å². The molecule has 0 aromatic rings. The minimum absolute atomic E-state index is 0.103. The van der Waals surface area contributed by atoms with Gasteiger partial charge in [-0.1, -0.05) is 13.8 Å². The van der Waals surface area contributed by atoms with Crippen LogP contribution in [-0.4, -0.2) is 24.5 Å². The molecule has 0 spiro atoms. The Hall–Kier alpha value is -0.570. The highest BCUT2D eigenvalue weighted by Crippen LogP contribution is 2.66. The third kappa shape index (κ3) is 2.15. The van der Waals surface area contributed by atoms with Crippen molar-refractivity contribution in [3.8, 4) is 0 Å². The van der Waals surface area contributed by atoms with Crippen LogP contribution in [0.1, 0.15) is 65.7 Å². The summed E-state index contributed by atoms with van der Waals surface area (Å²) in [5, 5.41) is 6.93. The minimum atomic E-state index is -0.189. The first kappa shape index (κ1) is 14.0. The number of carbonyl (C=O) groups is 1. The van der Waals surface area contributed by atoms with E-state index in [1.165, 1.54) is 38.5 Å². The summed E-state index contributed by atoms with van der Waals surface area (Å²) in [4.78, 5) is 12.9. The van der Waals surface area contributed by atoms with Crippen molar-refractivity contribution in [2.24, 2.45) is 22.2 Å². The molecule has 4 bridgehead atoms. The lowest BCUT2D eigenvalue weighted by molar-refractivity contribution is -0.146. The molecule has 1 heterocycles. The molecular weight excluding hydrogens is 260 g/mol. The van der Waals surface area contributed by atoms with Gasteiger partial charge in [-0.2, -0.15) is 0 Å². The molecule has 3 unspecified atom stereocenters. The summed E-state index contributed by atoms with van der Waals surface area (Å²) in [5.74, 6) is 1.15. The average Bonchev–Trinajstić information content (AvgIpc) is 2.71. The van der Waals surface area contributed by atoms with Crippen LogP contribution < -0.4 is 10.6 Å². The van der Waals surface area contributed by atoms with Crippen LogP contribution in [0.5, 0.6) is 0 Å². The van der Waals surface area contributed by atoms with Gasteiger partial charge in [0.25, 0.3) is 0 Å². The number of hydrogen-bond donors (Lipinski definition) is 2. The van der Waals surface area contributed by atoms with Crippen molar-refractivity contribution in [1.29, 1.82) is 0 Å². The van der Waals surface area contributed by atoms with Crippen LogP contribution in [0, 0.1) is 22.2 Å². The van der Waals surface area contributed by atoms with Gasteiger partial charge >= 0.3 is 0 Å². The van der Waals surface area contributed by atoms with E-state index in [1.807, 2.05) is 0 Å². The normalized spacial score (nSPS) is 54.9.